The molecule has 2 saturated heterocycles. The second-order valence-electron chi connectivity index (χ2n) is 6.05. The molecule has 114 valence electrons. The summed E-state index contributed by atoms with van der Waals surface area (Å²) in [4.78, 5) is 14.0. The Balaban J connectivity index is 1.73. The lowest BCUT2D eigenvalue weighted by Crippen LogP contribution is -2.51. The zero-order valence-corrected chi connectivity index (χ0v) is 11.7. The van der Waals surface area contributed by atoms with Crippen molar-refractivity contribution in [3.8, 4) is 0 Å². The summed E-state index contributed by atoms with van der Waals surface area (Å²) in [5.41, 5.74) is 0.273. The maximum Gasteiger partial charge on any atom is 0.416 e. The highest BCUT2D eigenvalue weighted by atomic mass is 19.4. The number of alkyl halides is 3. The Kier molecular flexibility index (Phi) is 3.78. The lowest BCUT2D eigenvalue weighted by Gasteiger charge is -2.45. The van der Waals surface area contributed by atoms with Gasteiger partial charge in [0.25, 0.3) is 0 Å². The monoisotopic (exact) mass is 297 g/mol. The number of nitrogens with zero attached hydrogens (tertiary/aromatic N) is 1. The van der Waals surface area contributed by atoms with Crippen LogP contribution in [0, 0.1) is 0 Å². The van der Waals surface area contributed by atoms with Gasteiger partial charge < -0.3 is 0 Å². The average molecular weight is 297 g/mol. The quantitative estimate of drug-likeness (QED) is 0.827. The molecule has 0 radical (unpaired) electrons. The first-order valence-electron chi connectivity index (χ1n) is 7.37. The number of hydrogen-bond donors (Lipinski definition) is 0. The fourth-order valence-electron chi connectivity index (χ4n) is 3.53. The SMILES string of the molecule is O=C1CC2CCCC(C1)N2Cc1ccc(C(F)(F)F)cc1. The molecule has 2 atom stereocenters. The molecule has 0 spiro atoms. The molecule has 0 N–H and O–H groups in total. The number of hydrogen-bond acceptors (Lipinski definition) is 2. The predicted molar refractivity (Wildman–Crippen MR) is 72.7 cm³/mol. The molecule has 2 heterocycles. The first-order chi connectivity index (χ1) is 9.93. The summed E-state index contributed by atoms with van der Waals surface area (Å²) >= 11 is 0. The number of carbonyl (C=O) groups is 1. The van der Waals surface area contributed by atoms with Gasteiger partial charge >= 0.3 is 6.18 Å². The molecule has 5 heteroatoms. The first kappa shape index (κ1) is 14.6. The number of halogens is 3. The van der Waals surface area contributed by atoms with Gasteiger partial charge in [-0.05, 0) is 30.5 Å². The number of fused-ring (bicyclic) bond motifs is 2. The van der Waals surface area contributed by atoms with Gasteiger partial charge in [0, 0.05) is 31.5 Å². The van der Waals surface area contributed by atoms with Crippen LogP contribution in [0.4, 0.5) is 13.2 Å². The van der Waals surface area contributed by atoms with Crippen LogP contribution in [0.1, 0.15) is 43.2 Å². The van der Waals surface area contributed by atoms with Crippen LogP contribution in [0.5, 0.6) is 0 Å². The summed E-state index contributed by atoms with van der Waals surface area (Å²) in [5.74, 6) is 0.327. The van der Waals surface area contributed by atoms with Crippen molar-refractivity contribution in [2.75, 3.05) is 0 Å². The van der Waals surface area contributed by atoms with Crippen molar-refractivity contribution in [2.24, 2.45) is 0 Å². The molecule has 21 heavy (non-hydrogen) atoms. The minimum atomic E-state index is -4.29. The Bertz CT molecular complexity index is 507. The number of rotatable bonds is 2. The van der Waals surface area contributed by atoms with E-state index in [-0.39, 0.29) is 12.1 Å². The molecule has 2 fully saturated rings. The van der Waals surface area contributed by atoms with Crippen molar-refractivity contribution in [2.45, 2.75) is 56.9 Å². The van der Waals surface area contributed by atoms with E-state index in [0.717, 1.165) is 37.0 Å². The van der Waals surface area contributed by atoms with E-state index in [0.29, 0.717) is 25.2 Å². The van der Waals surface area contributed by atoms with Gasteiger partial charge in [-0.2, -0.15) is 13.2 Å². The fourth-order valence-corrected chi connectivity index (χ4v) is 3.53. The minimum absolute atomic E-state index is 0.271. The Morgan fingerprint density at radius 1 is 1.05 bits per heavy atom. The van der Waals surface area contributed by atoms with E-state index in [9.17, 15) is 18.0 Å². The number of piperidine rings is 2. The van der Waals surface area contributed by atoms with E-state index in [4.69, 9.17) is 0 Å². The molecule has 2 aliphatic rings. The maximum absolute atomic E-state index is 12.6. The highest BCUT2D eigenvalue weighted by Gasteiger charge is 2.37. The third-order valence-electron chi connectivity index (χ3n) is 4.59. The molecule has 1 aromatic rings. The molecular formula is C16H18F3NO. The van der Waals surface area contributed by atoms with E-state index in [1.54, 1.807) is 12.1 Å². The van der Waals surface area contributed by atoms with Gasteiger partial charge in [-0.25, -0.2) is 0 Å². The van der Waals surface area contributed by atoms with Crippen LogP contribution >= 0.6 is 0 Å². The van der Waals surface area contributed by atoms with E-state index in [1.165, 1.54) is 0 Å². The van der Waals surface area contributed by atoms with Gasteiger partial charge in [0.2, 0.25) is 0 Å². The zero-order valence-electron chi connectivity index (χ0n) is 11.7. The third kappa shape index (κ3) is 3.12. The molecule has 2 nitrogen and oxygen atoms in total. The third-order valence-corrected chi connectivity index (χ3v) is 4.59. The van der Waals surface area contributed by atoms with E-state index >= 15 is 0 Å². The molecule has 3 rings (SSSR count). The summed E-state index contributed by atoms with van der Waals surface area (Å²) in [7, 11) is 0. The van der Waals surface area contributed by atoms with Crippen molar-refractivity contribution in [3.05, 3.63) is 35.4 Å². The standard InChI is InChI=1S/C16H18F3NO/c17-16(18,19)12-6-4-11(5-7-12)10-20-13-2-1-3-14(20)9-15(21)8-13/h4-7,13-14H,1-3,8-10H2. The molecule has 0 saturated carbocycles. The van der Waals surface area contributed by atoms with Crippen molar-refractivity contribution in [1.29, 1.82) is 0 Å². The van der Waals surface area contributed by atoms with Crippen LogP contribution in [-0.2, 0) is 17.5 Å². The highest BCUT2D eigenvalue weighted by Crippen LogP contribution is 2.34. The van der Waals surface area contributed by atoms with Crippen molar-refractivity contribution >= 4 is 5.78 Å². The van der Waals surface area contributed by atoms with Gasteiger partial charge in [-0.1, -0.05) is 18.6 Å². The molecule has 0 amide bonds. The predicted octanol–water partition coefficient (Wildman–Crippen LogP) is 3.79. The lowest BCUT2D eigenvalue weighted by molar-refractivity contribution is -0.137. The van der Waals surface area contributed by atoms with Crippen LogP contribution in [-0.4, -0.2) is 22.8 Å². The second kappa shape index (κ2) is 5.44. The van der Waals surface area contributed by atoms with Crippen LogP contribution in [0.3, 0.4) is 0 Å². The van der Waals surface area contributed by atoms with Gasteiger partial charge in [-0.15, -0.1) is 0 Å². The van der Waals surface area contributed by atoms with Crippen LogP contribution in [0.2, 0.25) is 0 Å². The molecule has 2 aliphatic heterocycles. The fraction of sp³-hybridized carbons (Fsp3) is 0.562. The summed E-state index contributed by atoms with van der Waals surface area (Å²) in [5, 5.41) is 0. The number of ketones is 1. The van der Waals surface area contributed by atoms with Gasteiger partial charge in [0.05, 0.1) is 5.56 Å². The minimum Gasteiger partial charge on any atom is -0.300 e. The summed E-state index contributed by atoms with van der Waals surface area (Å²) in [6.45, 7) is 0.640. The van der Waals surface area contributed by atoms with E-state index in [1.807, 2.05) is 0 Å². The number of Topliss-reactive ketones (excluding diaryl/α,β-unsaturated/α-hetero) is 1. The lowest BCUT2D eigenvalue weighted by atomic mass is 9.83. The summed E-state index contributed by atoms with van der Waals surface area (Å²) in [6.07, 6.45) is 0.0821. The van der Waals surface area contributed by atoms with Crippen LogP contribution < -0.4 is 0 Å². The van der Waals surface area contributed by atoms with Crippen molar-refractivity contribution in [3.63, 3.8) is 0 Å². The zero-order chi connectivity index (χ0) is 15.0. The summed E-state index contributed by atoms with van der Waals surface area (Å²) < 4.78 is 37.7. The molecular weight excluding hydrogens is 279 g/mol. The Morgan fingerprint density at radius 3 is 2.14 bits per heavy atom. The van der Waals surface area contributed by atoms with Crippen molar-refractivity contribution in [1.82, 2.24) is 4.90 Å². The second-order valence-corrected chi connectivity index (χ2v) is 6.05. The largest absolute Gasteiger partial charge is 0.416 e. The Hall–Kier alpha value is -1.36. The average Bonchev–Trinajstić information content (AvgIpc) is 2.39. The normalized spacial score (nSPS) is 26.9. The van der Waals surface area contributed by atoms with Gasteiger partial charge in [-0.3, -0.25) is 9.69 Å². The van der Waals surface area contributed by atoms with Gasteiger partial charge in [0.15, 0.2) is 0 Å². The molecule has 0 aliphatic carbocycles. The topological polar surface area (TPSA) is 20.3 Å². The number of carbonyl (C=O) groups excluding carboxylic acids is 1. The maximum atomic E-state index is 12.6. The van der Waals surface area contributed by atoms with Crippen molar-refractivity contribution < 1.29 is 18.0 Å². The highest BCUT2D eigenvalue weighted by molar-refractivity contribution is 5.80. The number of benzene rings is 1. The molecule has 1 aromatic carbocycles. The Morgan fingerprint density at radius 2 is 1.62 bits per heavy atom. The molecule has 2 unspecified atom stereocenters. The van der Waals surface area contributed by atoms with Crippen LogP contribution in [0.15, 0.2) is 24.3 Å². The molecule has 0 aromatic heterocycles. The smallest absolute Gasteiger partial charge is 0.300 e. The Labute approximate surface area is 121 Å². The molecule has 2 bridgehead atoms. The summed E-state index contributed by atoms with van der Waals surface area (Å²) in [6, 6.07) is 5.92. The van der Waals surface area contributed by atoms with Crippen LogP contribution in [0.25, 0.3) is 0 Å². The van der Waals surface area contributed by atoms with E-state index in [2.05, 4.69) is 4.90 Å². The van der Waals surface area contributed by atoms with E-state index < -0.39 is 11.7 Å². The van der Waals surface area contributed by atoms with Gasteiger partial charge in [0.1, 0.15) is 5.78 Å². The first-order valence-corrected chi connectivity index (χ1v) is 7.37.